The van der Waals surface area contributed by atoms with Crippen molar-refractivity contribution in [2.75, 3.05) is 13.1 Å². The highest BCUT2D eigenvalue weighted by molar-refractivity contribution is 5.81. The van der Waals surface area contributed by atoms with Crippen LogP contribution in [0.1, 0.15) is 25.3 Å². The molecule has 19 heavy (non-hydrogen) atoms. The van der Waals surface area contributed by atoms with Gasteiger partial charge in [0.2, 0.25) is 0 Å². The van der Waals surface area contributed by atoms with Crippen molar-refractivity contribution >= 4 is 5.91 Å². The fourth-order valence-corrected chi connectivity index (χ4v) is 2.23. The van der Waals surface area contributed by atoms with E-state index in [1.807, 2.05) is 0 Å². The predicted octanol–water partition coefficient (Wildman–Crippen LogP) is 1.71. The molecule has 0 aromatic heterocycles. The molecule has 0 radical (unpaired) electrons. The Balaban J connectivity index is 2.09. The van der Waals surface area contributed by atoms with Crippen molar-refractivity contribution in [2.45, 2.75) is 32.5 Å². The summed E-state index contributed by atoms with van der Waals surface area (Å²) in [5.41, 5.74) is 0.348. The summed E-state index contributed by atoms with van der Waals surface area (Å²) in [6, 6.07) is 4.33. The number of benzene rings is 1. The Labute approximate surface area is 111 Å². The van der Waals surface area contributed by atoms with E-state index in [4.69, 9.17) is 9.84 Å². The van der Waals surface area contributed by atoms with Crippen molar-refractivity contribution < 1.29 is 19.0 Å². The van der Waals surface area contributed by atoms with Gasteiger partial charge in [0.1, 0.15) is 0 Å². The molecule has 1 atom stereocenters. The zero-order valence-electron chi connectivity index (χ0n) is 10.9. The molecule has 1 N–H and O–H groups in total. The highest BCUT2D eigenvalue weighted by Gasteiger charge is 2.25. The third kappa shape index (κ3) is 3.04. The first-order valence-corrected chi connectivity index (χ1v) is 6.47. The van der Waals surface area contributed by atoms with E-state index in [0.29, 0.717) is 5.56 Å². The molecule has 2 rings (SSSR count). The summed E-state index contributed by atoms with van der Waals surface area (Å²) < 4.78 is 19.1. The maximum atomic E-state index is 13.7. The highest BCUT2D eigenvalue weighted by Crippen LogP contribution is 2.24. The van der Waals surface area contributed by atoms with Crippen LogP contribution in [-0.4, -0.2) is 35.1 Å². The summed E-state index contributed by atoms with van der Waals surface area (Å²) in [5.74, 6) is -0.734. The summed E-state index contributed by atoms with van der Waals surface area (Å²) in [6.07, 6.45) is 1.25. The Morgan fingerprint density at radius 3 is 2.79 bits per heavy atom. The number of rotatable bonds is 4. The van der Waals surface area contributed by atoms with Gasteiger partial charge >= 0.3 is 0 Å². The molecule has 4 nitrogen and oxygen atoms in total. The van der Waals surface area contributed by atoms with Crippen molar-refractivity contribution in [3.8, 4) is 5.75 Å². The molecule has 1 aromatic rings. The van der Waals surface area contributed by atoms with Crippen molar-refractivity contribution in [1.82, 2.24) is 4.90 Å². The predicted molar refractivity (Wildman–Crippen MR) is 68.2 cm³/mol. The van der Waals surface area contributed by atoms with Crippen LogP contribution in [0.25, 0.3) is 0 Å². The molecule has 1 amide bonds. The first-order valence-electron chi connectivity index (χ1n) is 6.47. The maximum absolute atomic E-state index is 13.7. The van der Waals surface area contributed by atoms with Gasteiger partial charge in [-0.2, -0.15) is 0 Å². The minimum absolute atomic E-state index is 0.0370. The first kappa shape index (κ1) is 13.8. The van der Waals surface area contributed by atoms with E-state index in [2.05, 4.69) is 0 Å². The standard InChI is InChI=1S/C14H18FNO3/c1-10(14(18)16-7-2-3-8-16)19-13-11(9-17)5-4-6-12(13)15/h4-6,10,17H,2-3,7-9H2,1H3. The van der Waals surface area contributed by atoms with Gasteiger partial charge in [-0.15, -0.1) is 0 Å². The largest absolute Gasteiger partial charge is 0.477 e. The third-order valence-electron chi connectivity index (χ3n) is 3.28. The summed E-state index contributed by atoms with van der Waals surface area (Å²) >= 11 is 0. The van der Waals surface area contributed by atoms with E-state index >= 15 is 0 Å². The number of ether oxygens (including phenoxy) is 1. The zero-order valence-corrected chi connectivity index (χ0v) is 10.9. The van der Waals surface area contributed by atoms with Gasteiger partial charge in [0, 0.05) is 18.7 Å². The van der Waals surface area contributed by atoms with Crippen molar-refractivity contribution in [2.24, 2.45) is 0 Å². The van der Waals surface area contributed by atoms with Gasteiger partial charge < -0.3 is 14.7 Å². The Bertz CT molecular complexity index is 458. The summed E-state index contributed by atoms with van der Waals surface area (Å²) in [7, 11) is 0. The first-order chi connectivity index (χ1) is 9.13. The maximum Gasteiger partial charge on any atom is 0.263 e. The van der Waals surface area contributed by atoms with Crippen molar-refractivity contribution in [3.05, 3.63) is 29.6 Å². The fraction of sp³-hybridized carbons (Fsp3) is 0.500. The number of carbonyl (C=O) groups excluding carboxylic acids is 1. The van der Waals surface area contributed by atoms with Gasteiger partial charge in [-0.25, -0.2) is 4.39 Å². The molecule has 1 aliphatic heterocycles. The Morgan fingerprint density at radius 2 is 2.16 bits per heavy atom. The molecule has 1 heterocycles. The summed E-state index contributed by atoms with van der Waals surface area (Å²) in [4.78, 5) is 13.8. The van der Waals surface area contributed by atoms with Crippen LogP contribution < -0.4 is 4.74 Å². The lowest BCUT2D eigenvalue weighted by Gasteiger charge is -2.22. The lowest BCUT2D eigenvalue weighted by molar-refractivity contribution is -0.136. The molecule has 1 aliphatic rings. The molecule has 0 saturated carbocycles. The smallest absolute Gasteiger partial charge is 0.263 e. The molecule has 0 aliphatic carbocycles. The van der Waals surface area contributed by atoms with Crippen LogP contribution in [0.4, 0.5) is 4.39 Å². The van der Waals surface area contributed by atoms with Crippen LogP contribution in [0.3, 0.4) is 0 Å². The van der Waals surface area contributed by atoms with Gasteiger partial charge in [-0.3, -0.25) is 4.79 Å². The number of carbonyl (C=O) groups is 1. The van der Waals surface area contributed by atoms with Gasteiger partial charge in [-0.05, 0) is 25.8 Å². The monoisotopic (exact) mass is 267 g/mol. The molecule has 1 aromatic carbocycles. The lowest BCUT2D eigenvalue weighted by Crippen LogP contribution is -2.38. The minimum atomic E-state index is -0.750. The van der Waals surface area contributed by atoms with Crippen LogP contribution >= 0.6 is 0 Å². The molecule has 1 unspecified atom stereocenters. The van der Waals surface area contributed by atoms with Crippen LogP contribution in [0.15, 0.2) is 18.2 Å². The van der Waals surface area contributed by atoms with Crippen LogP contribution in [0.5, 0.6) is 5.75 Å². The normalized spacial score (nSPS) is 16.5. The van der Waals surface area contributed by atoms with Gasteiger partial charge in [-0.1, -0.05) is 12.1 Å². The van der Waals surface area contributed by atoms with Crippen LogP contribution in [0, 0.1) is 5.82 Å². The Morgan fingerprint density at radius 1 is 1.47 bits per heavy atom. The summed E-state index contributed by atoms with van der Waals surface area (Å²) in [5, 5.41) is 9.16. The molecular formula is C14H18FNO3. The number of para-hydroxylation sites is 1. The van der Waals surface area contributed by atoms with Gasteiger partial charge in [0.15, 0.2) is 17.7 Å². The number of aliphatic hydroxyl groups is 1. The van der Waals surface area contributed by atoms with E-state index in [1.165, 1.54) is 12.1 Å². The highest BCUT2D eigenvalue weighted by atomic mass is 19.1. The van der Waals surface area contributed by atoms with Gasteiger partial charge in [0.25, 0.3) is 5.91 Å². The molecule has 104 valence electrons. The second kappa shape index (κ2) is 6.02. The number of likely N-dealkylation sites (tertiary alicyclic amines) is 1. The third-order valence-corrected chi connectivity index (χ3v) is 3.28. The number of amides is 1. The van der Waals surface area contributed by atoms with E-state index in [0.717, 1.165) is 25.9 Å². The number of halogens is 1. The van der Waals surface area contributed by atoms with Crippen molar-refractivity contribution in [1.29, 1.82) is 0 Å². The Hall–Kier alpha value is -1.62. The molecule has 5 heteroatoms. The molecule has 0 spiro atoms. The molecule has 0 bridgehead atoms. The quantitative estimate of drug-likeness (QED) is 0.903. The number of hydrogen-bond donors (Lipinski definition) is 1. The van der Waals surface area contributed by atoms with Crippen LogP contribution in [-0.2, 0) is 11.4 Å². The fourth-order valence-electron chi connectivity index (χ4n) is 2.23. The topological polar surface area (TPSA) is 49.8 Å². The van der Waals surface area contributed by atoms with Crippen molar-refractivity contribution in [3.63, 3.8) is 0 Å². The zero-order chi connectivity index (χ0) is 13.8. The van der Waals surface area contributed by atoms with Gasteiger partial charge in [0.05, 0.1) is 6.61 Å². The van der Waals surface area contributed by atoms with E-state index in [-0.39, 0.29) is 18.3 Å². The second-order valence-corrected chi connectivity index (χ2v) is 4.68. The SMILES string of the molecule is CC(Oc1c(F)cccc1CO)C(=O)N1CCCC1. The van der Waals surface area contributed by atoms with Crippen LogP contribution in [0.2, 0.25) is 0 Å². The van der Waals surface area contributed by atoms with E-state index < -0.39 is 11.9 Å². The molecule has 1 saturated heterocycles. The molecule has 1 fully saturated rings. The average molecular weight is 267 g/mol. The number of hydrogen-bond acceptors (Lipinski definition) is 3. The number of aliphatic hydroxyl groups excluding tert-OH is 1. The second-order valence-electron chi connectivity index (χ2n) is 4.68. The number of nitrogens with zero attached hydrogens (tertiary/aromatic N) is 1. The minimum Gasteiger partial charge on any atom is -0.477 e. The van der Waals surface area contributed by atoms with E-state index in [1.54, 1.807) is 17.9 Å². The average Bonchev–Trinajstić information content (AvgIpc) is 2.94. The molecular weight excluding hydrogens is 249 g/mol. The lowest BCUT2D eigenvalue weighted by atomic mass is 10.2. The summed E-state index contributed by atoms with van der Waals surface area (Å²) in [6.45, 7) is 2.75. The van der Waals surface area contributed by atoms with E-state index in [9.17, 15) is 9.18 Å². The Kier molecular flexibility index (Phi) is 4.37.